The number of nitrogens with one attached hydrogen (secondary N) is 1. The number of alkyl halides is 3. The Morgan fingerprint density at radius 1 is 1.04 bits per heavy atom. The van der Waals surface area contributed by atoms with Gasteiger partial charge in [0.1, 0.15) is 5.69 Å². The van der Waals surface area contributed by atoms with Gasteiger partial charge in [0.05, 0.1) is 21.7 Å². The normalized spacial score (nSPS) is 12.1. The molecule has 0 saturated carbocycles. The minimum atomic E-state index is -4.64. The van der Waals surface area contributed by atoms with Gasteiger partial charge in [-0.3, -0.25) is 9.78 Å². The van der Waals surface area contributed by atoms with E-state index < -0.39 is 37.1 Å². The minimum Gasteiger partial charge on any atom is -0.304 e. The van der Waals surface area contributed by atoms with Crippen molar-refractivity contribution in [3.8, 4) is 11.5 Å². The SMILES string of the molecule is O=c1[nH]c(-c2ncc(C(F)(F)F)cc2Cl)ncc1S(=O)(=O)c1ccccc1. The lowest BCUT2D eigenvalue weighted by Gasteiger charge is -2.09. The van der Waals surface area contributed by atoms with Gasteiger partial charge in [0.2, 0.25) is 9.84 Å². The summed E-state index contributed by atoms with van der Waals surface area (Å²) in [5, 5.41) is -0.397. The summed E-state index contributed by atoms with van der Waals surface area (Å²) in [7, 11) is -4.11. The summed E-state index contributed by atoms with van der Waals surface area (Å²) in [4.78, 5) is 21.1. The van der Waals surface area contributed by atoms with Crippen LogP contribution in [0.3, 0.4) is 0 Å². The largest absolute Gasteiger partial charge is 0.417 e. The van der Waals surface area contributed by atoms with Gasteiger partial charge in [-0.2, -0.15) is 13.2 Å². The van der Waals surface area contributed by atoms with Crippen LogP contribution in [0.1, 0.15) is 5.56 Å². The molecule has 2 heterocycles. The number of H-pyrrole nitrogens is 1. The van der Waals surface area contributed by atoms with Gasteiger partial charge >= 0.3 is 6.18 Å². The highest BCUT2D eigenvalue weighted by Gasteiger charge is 2.32. The van der Waals surface area contributed by atoms with Crippen LogP contribution in [0.5, 0.6) is 0 Å². The molecule has 27 heavy (non-hydrogen) atoms. The number of rotatable bonds is 3. The topological polar surface area (TPSA) is 92.8 Å². The van der Waals surface area contributed by atoms with Crippen molar-refractivity contribution in [2.24, 2.45) is 0 Å². The predicted molar refractivity (Wildman–Crippen MR) is 90.0 cm³/mol. The first kappa shape index (κ1) is 19.1. The zero-order chi connectivity index (χ0) is 19.8. The fourth-order valence-electron chi connectivity index (χ4n) is 2.19. The van der Waals surface area contributed by atoms with E-state index in [2.05, 4.69) is 15.0 Å². The van der Waals surface area contributed by atoms with Crippen molar-refractivity contribution in [2.75, 3.05) is 0 Å². The highest BCUT2D eigenvalue weighted by Crippen LogP contribution is 2.33. The Balaban J connectivity index is 2.05. The molecule has 3 rings (SSSR count). The van der Waals surface area contributed by atoms with Gasteiger partial charge in [0.15, 0.2) is 10.7 Å². The molecule has 0 fully saturated rings. The van der Waals surface area contributed by atoms with E-state index in [4.69, 9.17) is 11.6 Å². The highest BCUT2D eigenvalue weighted by molar-refractivity contribution is 7.91. The molecule has 1 aromatic carbocycles. The molecule has 140 valence electrons. The summed E-state index contributed by atoms with van der Waals surface area (Å²) in [5.74, 6) is -0.259. The van der Waals surface area contributed by atoms with Crippen LogP contribution in [-0.2, 0) is 16.0 Å². The summed E-state index contributed by atoms with van der Waals surface area (Å²) >= 11 is 5.81. The second kappa shape index (κ2) is 6.78. The van der Waals surface area contributed by atoms with Gasteiger partial charge in [-0.15, -0.1) is 0 Å². The Labute approximate surface area is 155 Å². The zero-order valence-corrected chi connectivity index (χ0v) is 14.7. The molecule has 11 heteroatoms. The first-order valence-electron chi connectivity index (χ1n) is 7.23. The maximum absolute atomic E-state index is 12.7. The van der Waals surface area contributed by atoms with Gasteiger partial charge in [-0.05, 0) is 18.2 Å². The molecule has 0 radical (unpaired) electrons. The van der Waals surface area contributed by atoms with Gasteiger partial charge < -0.3 is 4.98 Å². The van der Waals surface area contributed by atoms with E-state index in [0.29, 0.717) is 12.3 Å². The molecule has 0 atom stereocenters. The summed E-state index contributed by atoms with van der Waals surface area (Å²) in [6, 6.07) is 7.87. The van der Waals surface area contributed by atoms with Crippen molar-refractivity contribution >= 4 is 21.4 Å². The van der Waals surface area contributed by atoms with E-state index in [1.165, 1.54) is 24.3 Å². The maximum atomic E-state index is 12.7. The van der Waals surface area contributed by atoms with Crippen LogP contribution in [0.2, 0.25) is 5.02 Å². The monoisotopic (exact) mass is 415 g/mol. The van der Waals surface area contributed by atoms with E-state index in [9.17, 15) is 26.4 Å². The van der Waals surface area contributed by atoms with Crippen LogP contribution in [0.4, 0.5) is 13.2 Å². The summed E-state index contributed by atoms with van der Waals surface area (Å²) in [5.41, 5.74) is -2.28. The third kappa shape index (κ3) is 3.71. The van der Waals surface area contributed by atoms with Crippen LogP contribution in [0.25, 0.3) is 11.5 Å². The summed E-state index contributed by atoms with van der Waals surface area (Å²) < 4.78 is 63.0. The van der Waals surface area contributed by atoms with Gasteiger partial charge in [0.25, 0.3) is 5.56 Å². The number of benzene rings is 1. The van der Waals surface area contributed by atoms with Crippen molar-refractivity contribution in [3.63, 3.8) is 0 Å². The molecule has 6 nitrogen and oxygen atoms in total. The van der Waals surface area contributed by atoms with Crippen molar-refractivity contribution in [1.29, 1.82) is 0 Å². The van der Waals surface area contributed by atoms with Crippen LogP contribution in [0.15, 0.2) is 63.4 Å². The number of hydrogen-bond acceptors (Lipinski definition) is 5. The lowest BCUT2D eigenvalue weighted by Crippen LogP contribution is -2.19. The molecule has 0 aliphatic carbocycles. The van der Waals surface area contributed by atoms with E-state index in [1.54, 1.807) is 6.07 Å². The number of aromatic nitrogens is 3. The first-order chi connectivity index (χ1) is 12.6. The Morgan fingerprint density at radius 3 is 2.26 bits per heavy atom. The first-order valence-corrected chi connectivity index (χ1v) is 9.09. The van der Waals surface area contributed by atoms with E-state index >= 15 is 0 Å². The Morgan fingerprint density at radius 2 is 1.70 bits per heavy atom. The molecule has 0 amide bonds. The Bertz CT molecular complexity index is 1160. The Hall–Kier alpha value is -2.72. The zero-order valence-electron chi connectivity index (χ0n) is 13.2. The second-order valence-corrected chi connectivity index (χ2v) is 7.62. The molecular weight excluding hydrogens is 407 g/mol. The fourth-order valence-corrected chi connectivity index (χ4v) is 3.70. The smallest absolute Gasteiger partial charge is 0.304 e. The molecular formula is C16H9ClF3N3O3S. The number of nitrogens with zero attached hydrogens (tertiary/aromatic N) is 2. The number of halogens is 4. The van der Waals surface area contributed by atoms with Crippen LogP contribution in [0, 0.1) is 0 Å². The standard InChI is InChI=1S/C16H9ClF3N3O3S/c17-11-6-9(16(18,19)20)7-21-13(11)14-22-8-12(15(24)23-14)27(25,26)10-4-2-1-3-5-10/h1-8H,(H,22,23,24). The fraction of sp³-hybridized carbons (Fsp3) is 0.0625. The number of pyridine rings is 1. The van der Waals surface area contributed by atoms with E-state index in [0.717, 1.165) is 6.20 Å². The van der Waals surface area contributed by atoms with Crippen molar-refractivity contribution in [3.05, 3.63) is 69.7 Å². The van der Waals surface area contributed by atoms with Crippen LogP contribution >= 0.6 is 11.6 Å². The molecule has 0 aliphatic heterocycles. The summed E-state index contributed by atoms with van der Waals surface area (Å²) in [6.45, 7) is 0. The van der Waals surface area contributed by atoms with Crippen LogP contribution < -0.4 is 5.56 Å². The third-order valence-electron chi connectivity index (χ3n) is 3.50. The molecule has 0 saturated heterocycles. The van der Waals surface area contributed by atoms with Crippen molar-refractivity contribution in [2.45, 2.75) is 16.0 Å². The number of sulfone groups is 1. The minimum absolute atomic E-state index is 0.101. The number of hydrogen-bond donors (Lipinski definition) is 1. The van der Waals surface area contributed by atoms with Gasteiger partial charge in [-0.25, -0.2) is 13.4 Å². The van der Waals surface area contributed by atoms with Crippen molar-refractivity contribution in [1.82, 2.24) is 15.0 Å². The molecule has 2 aromatic heterocycles. The van der Waals surface area contributed by atoms with Crippen LogP contribution in [-0.4, -0.2) is 23.4 Å². The molecule has 0 bridgehead atoms. The average Bonchev–Trinajstić information content (AvgIpc) is 2.61. The Kier molecular flexibility index (Phi) is 4.79. The average molecular weight is 416 g/mol. The van der Waals surface area contributed by atoms with Gasteiger partial charge in [-0.1, -0.05) is 29.8 Å². The lowest BCUT2D eigenvalue weighted by molar-refractivity contribution is -0.137. The second-order valence-electron chi connectivity index (χ2n) is 5.29. The molecule has 0 aliphatic rings. The molecule has 0 unspecified atom stereocenters. The van der Waals surface area contributed by atoms with E-state index in [1.807, 2.05) is 0 Å². The summed E-state index contributed by atoms with van der Waals surface area (Å²) in [6.07, 6.45) is -3.29. The predicted octanol–water partition coefficient (Wildman–Crippen LogP) is 3.34. The highest BCUT2D eigenvalue weighted by atomic mass is 35.5. The molecule has 3 aromatic rings. The third-order valence-corrected chi connectivity index (χ3v) is 5.55. The van der Waals surface area contributed by atoms with E-state index in [-0.39, 0.29) is 16.4 Å². The van der Waals surface area contributed by atoms with Gasteiger partial charge in [0, 0.05) is 6.20 Å². The number of aromatic amines is 1. The molecule has 1 N–H and O–H groups in total. The quantitative estimate of drug-likeness (QED) is 0.708. The lowest BCUT2D eigenvalue weighted by atomic mass is 10.2. The molecule has 0 spiro atoms. The maximum Gasteiger partial charge on any atom is 0.417 e. The van der Waals surface area contributed by atoms with Crippen molar-refractivity contribution < 1.29 is 21.6 Å².